The first-order valence-electron chi connectivity index (χ1n) is 12.2. The summed E-state index contributed by atoms with van der Waals surface area (Å²) in [6.45, 7) is 3.84. The van der Waals surface area contributed by atoms with E-state index in [0.717, 1.165) is 24.0 Å². The predicted molar refractivity (Wildman–Crippen MR) is 132 cm³/mol. The predicted octanol–water partition coefficient (Wildman–Crippen LogP) is 3.34. The number of carbonyl (C=O) groups is 1. The molecule has 10 heteroatoms. The number of carbonyl (C=O) groups excluding carboxylic acids is 1. The molecular formula is C26H26FN7O2. The standard InChI is InChI=1S/C26H26FN7O2/c27-22-6-2-1-5-20(22)23-30-24(32-12-14-36-15-13-32)21-17-29-34(25(21)31-23)19-7-10-33(11-8-19)26(35)18-4-3-9-28-16-18/h1-6,9,16-17,19H,7-8,10-15H2. The number of hydrogen-bond donors (Lipinski definition) is 0. The zero-order chi connectivity index (χ0) is 24.5. The Balaban J connectivity index is 1.33. The highest BCUT2D eigenvalue weighted by Gasteiger charge is 2.28. The van der Waals surface area contributed by atoms with Crippen molar-refractivity contribution in [3.63, 3.8) is 0 Å². The van der Waals surface area contributed by atoms with Crippen LogP contribution in [-0.4, -0.2) is 74.9 Å². The number of hydrogen-bond acceptors (Lipinski definition) is 7. The minimum Gasteiger partial charge on any atom is -0.378 e. The van der Waals surface area contributed by atoms with E-state index in [1.54, 1.807) is 48.9 Å². The van der Waals surface area contributed by atoms with Crippen molar-refractivity contribution in [1.82, 2.24) is 29.6 Å². The van der Waals surface area contributed by atoms with Gasteiger partial charge in [0.25, 0.3) is 5.91 Å². The number of fused-ring (bicyclic) bond motifs is 1. The van der Waals surface area contributed by atoms with E-state index >= 15 is 0 Å². The third-order valence-electron chi connectivity index (χ3n) is 6.87. The van der Waals surface area contributed by atoms with Gasteiger partial charge in [-0.2, -0.15) is 5.10 Å². The molecule has 2 aliphatic heterocycles. The van der Waals surface area contributed by atoms with Crippen molar-refractivity contribution in [1.29, 1.82) is 0 Å². The summed E-state index contributed by atoms with van der Waals surface area (Å²) in [6, 6.07) is 10.2. The number of pyridine rings is 1. The molecule has 0 atom stereocenters. The van der Waals surface area contributed by atoms with Crippen molar-refractivity contribution in [2.24, 2.45) is 0 Å². The van der Waals surface area contributed by atoms with Crippen LogP contribution in [0.3, 0.4) is 0 Å². The number of morpholine rings is 1. The van der Waals surface area contributed by atoms with Crippen LogP contribution in [-0.2, 0) is 4.74 Å². The number of halogens is 1. The number of likely N-dealkylation sites (tertiary alicyclic amines) is 1. The molecule has 5 heterocycles. The van der Waals surface area contributed by atoms with E-state index in [0.29, 0.717) is 62.0 Å². The largest absolute Gasteiger partial charge is 0.378 e. The molecule has 0 unspecified atom stereocenters. The summed E-state index contributed by atoms with van der Waals surface area (Å²) < 4.78 is 22.2. The smallest absolute Gasteiger partial charge is 0.255 e. The van der Waals surface area contributed by atoms with E-state index < -0.39 is 0 Å². The SMILES string of the molecule is O=C(c1cccnc1)N1CCC(n2ncc3c(N4CCOCC4)nc(-c4ccccc4F)nc32)CC1. The number of anilines is 1. The Bertz CT molecular complexity index is 1380. The molecule has 6 rings (SSSR count). The minimum atomic E-state index is -0.363. The molecule has 3 aromatic heterocycles. The fraction of sp³-hybridized carbons (Fsp3) is 0.346. The lowest BCUT2D eigenvalue weighted by molar-refractivity contribution is 0.0691. The highest BCUT2D eigenvalue weighted by molar-refractivity contribution is 5.94. The van der Waals surface area contributed by atoms with Gasteiger partial charge in [-0.1, -0.05) is 12.1 Å². The van der Waals surface area contributed by atoms with Crippen molar-refractivity contribution in [2.75, 3.05) is 44.3 Å². The highest BCUT2D eigenvalue weighted by atomic mass is 19.1. The van der Waals surface area contributed by atoms with Gasteiger partial charge in [0.15, 0.2) is 11.5 Å². The molecule has 0 aliphatic carbocycles. The van der Waals surface area contributed by atoms with Crippen LogP contribution in [0, 0.1) is 5.82 Å². The zero-order valence-corrected chi connectivity index (χ0v) is 19.8. The lowest BCUT2D eigenvalue weighted by Gasteiger charge is -2.32. The Morgan fingerprint density at radius 3 is 2.53 bits per heavy atom. The fourth-order valence-electron chi connectivity index (χ4n) is 4.94. The van der Waals surface area contributed by atoms with Gasteiger partial charge in [-0.15, -0.1) is 0 Å². The van der Waals surface area contributed by atoms with Crippen LogP contribution in [0.2, 0.25) is 0 Å². The van der Waals surface area contributed by atoms with Crippen LogP contribution in [0.5, 0.6) is 0 Å². The Morgan fingerprint density at radius 1 is 0.972 bits per heavy atom. The monoisotopic (exact) mass is 487 g/mol. The van der Waals surface area contributed by atoms with Gasteiger partial charge in [0.05, 0.1) is 42.0 Å². The van der Waals surface area contributed by atoms with E-state index in [1.807, 2.05) is 9.58 Å². The molecule has 0 saturated carbocycles. The van der Waals surface area contributed by atoms with E-state index in [2.05, 4.69) is 9.88 Å². The van der Waals surface area contributed by atoms with Gasteiger partial charge in [-0.25, -0.2) is 19.0 Å². The summed E-state index contributed by atoms with van der Waals surface area (Å²) in [4.78, 5) is 30.5. The molecule has 36 heavy (non-hydrogen) atoms. The molecule has 184 valence electrons. The van der Waals surface area contributed by atoms with Crippen molar-refractivity contribution >= 4 is 22.8 Å². The van der Waals surface area contributed by atoms with E-state index in [1.165, 1.54) is 6.07 Å². The number of rotatable bonds is 4. The molecule has 2 fully saturated rings. The summed E-state index contributed by atoms with van der Waals surface area (Å²) in [5.74, 6) is 0.716. The molecule has 4 aromatic rings. The Hall–Kier alpha value is -3.92. The van der Waals surface area contributed by atoms with E-state index in [4.69, 9.17) is 19.8 Å². The lowest BCUT2D eigenvalue weighted by atomic mass is 10.0. The second-order valence-corrected chi connectivity index (χ2v) is 9.04. The van der Waals surface area contributed by atoms with Crippen molar-refractivity contribution in [3.8, 4) is 11.4 Å². The molecule has 0 radical (unpaired) electrons. The molecule has 1 amide bonds. The van der Waals surface area contributed by atoms with Gasteiger partial charge >= 0.3 is 0 Å². The van der Waals surface area contributed by atoms with Gasteiger partial charge < -0.3 is 14.5 Å². The number of amides is 1. The summed E-state index contributed by atoms with van der Waals surface area (Å²) in [5.41, 5.74) is 1.64. The third-order valence-corrected chi connectivity index (χ3v) is 6.87. The Morgan fingerprint density at radius 2 is 1.78 bits per heavy atom. The molecule has 9 nitrogen and oxygen atoms in total. The summed E-state index contributed by atoms with van der Waals surface area (Å²) in [7, 11) is 0. The normalized spacial score (nSPS) is 17.0. The second-order valence-electron chi connectivity index (χ2n) is 9.04. The van der Waals surface area contributed by atoms with Crippen molar-refractivity contribution < 1.29 is 13.9 Å². The molecular weight excluding hydrogens is 461 g/mol. The average Bonchev–Trinajstić information content (AvgIpc) is 3.37. The summed E-state index contributed by atoms with van der Waals surface area (Å²) in [6.07, 6.45) is 6.56. The van der Waals surface area contributed by atoms with Crippen LogP contribution in [0.25, 0.3) is 22.4 Å². The molecule has 0 spiro atoms. The maximum Gasteiger partial charge on any atom is 0.255 e. The van der Waals surface area contributed by atoms with Gasteiger partial charge in [0.1, 0.15) is 11.6 Å². The summed E-state index contributed by atoms with van der Waals surface area (Å²) >= 11 is 0. The number of nitrogens with zero attached hydrogens (tertiary/aromatic N) is 7. The number of piperidine rings is 1. The van der Waals surface area contributed by atoms with E-state index in [9.17, 15) is 9.18 Å². The van der Waals surface area contributed by atoms with Crippen LogP contribution in [0.4, 0.5) is 10.2 Å². The van der Waals surface area contributed by atoms with Crippen molar-refractivity contribution in [2.45, 2.75) is 18.9 Å². The highest BCUT2D eigenvalue weighted by Crippen LogP contribution is 2.32. The molecule has 0 bridgehead atoms. The van der Waals surface area contributed by atoms with Crippen molar-refractivity contribution in [3.05, 3.63) is 66.4 Å². The Kier molecular flexibility index (Phi) is 6.02. The maximum absolute atomic E-state index is 14.7. The Labute approximate surface area is 207 Å². The molecule has 2 saturated heterocycles. The zero-order valence-electron chi connectivity index (χ0n) is 19.8. The number of aromatic nitrogens is 5. The quantitative estimate of drug-likeness (QED) is 0.436. The lowest BCUT2D eigenvalue weighted by Crippen LogP contribution is -2.39. The van der Waals surface area contributed by atoms with Crippen LogP contribution >= 0.6 is 0 Å². The average molecular weight is 488 g/mol. The first-order valence-corrected chi connectivity index (χ1v) is 12.2. The fourth-order valence-corrected chi connectivity index (χ4v) is 4.94. The van der Waals surface area contributed by atoms with E-state index in [-0.39, 0.29) is 17.8 Å². The van der Waals surface area contributed by atoms with Crippen LogP contribution < -0.4 is 4.90 Å². The van der Waals surface area contributed by atoms with Gasteiger partial charge in [0.2, 0.25) is 0 Å². The minimum absolute atomic E-state index is 0.00867. The first kappa shape index (κ1) is 22.5. The number of ether oxygens (including phenoxy) is 1. The molecule has 0 N–H and O–H groups in total. The topological polar surface area (TPSA) is 89.3 Å². The van der Waals surface area contributed by atoms with Gasteiger partial charge in [0, 0.05) is 38.6 Å². The first-order chi connectivity index (χ1) is 17.7. The summed E-state index contributed by atoms with van der Waals surface area (Å²) in [5, 5.41) is 5.55. The molecule has 2 aliphatic rings. The van der Waals surface area contributed by atoms with Crippen LogP contribution in [0.15, 0.2) is 55.0 Å². The van der Waals surface area contributed by atoms with Gasteiger partial charge in [-0.3, -0.25) is 9.78 Å². The number of benzene rings is 1. The van der Waals surface area contributed by atoms with Gasteiger partial charge in [-0.05, 0) is 37.1 Å². The van der Waals surface area contributed by atoms with Crippen LogP contribution in [0.1, 0.15) is 29.2 Å². The molecule has 1 aromatic carbocycles. The maximum atomic E-state index is 14.7. The third kappa shape index (κ3) is 4.17. The second kappa shape index (κ2) is 9.62.